The van der Waals surface area contributed by atoms with Gasteiger partial charge in [-0.2, -0.15) is 0 Å². The van der Waals surface area contributed by atoms with Gasteiger partial charge in [0, 0.05) is 17.7 Å². The van der Waals surface area contributed by atoms with Crippen LogP contribution in [0.1, 0.15) is 24.2 Å². The lowest BCUT2D eigenvalue weighted by molar-refractivity contribution is 0.0939. The van der Waals surface area contributed by atoms with Gasteiger partial charge in [-0.05, 0) is 30.3 Å². The van der Waals surface area contributed by atoms with E-state index in [1.54, 1.807) is 36.5 Å². The van der Waals surface area contributed by atoms with Gasteiger partial charge in [-0.3, -0.25) is 9.59 Å². The largest absolute Gasteiger partial charge is 0.437 e. The molecule has 2 heterocycles. The molecule has 20 heavy (non-hydrogen) atoms. The lowest BCUT2D eigenvalue weighted by atomic mass is 9.99. The fraction of sp³-hybridized carbons (Fsp3) is 0.188. The van der Waals surface area contributed by atoms with Crippen molar-refractivity contribution in [3.05, 3.63) is 52.3 Å². The third kappa shape index (κ3) is 1.90. The zero-order valence-electron chi connectivity index (χ0n) is 11.2. The summed E-state index contributed by atoms with van der Waals surface area (Å²) >= 11 is 0. The van der Waals surface area contributed by atoms with Gasteiger partial charge < -0.3 is 4.42 Å². The summed E-state index contributed by atoms with van der Waals surface area (Å²) in [6.07, 6.45) is 1.58. The molecule has 0 aliphatic carbocycles. The molecule has 0 aliphatic heterocycles. The van der Waals surface area contributed by atoms with E-state index >= 15 is 0 Å². The molecule has 0 unspecified atom stereocenters. The van der Waals surface area contributed by atoms with E-state index in [-0.39, 0.29) is 17.1 Å². The number of Topliss-reactive ketones (excluding diaryl/α,β-unsaturated/α-hetero) is 1. The van der Waals surface area contributed by atoms with Gasteiger partial charge in [0.25, 0.3) is 0 Å². The second-order valence-corrected chi connectivity index (χ2v) is 5.02. The summed E-state index contributed by atoms with van der Waals surface area (Å²) in [5, 5.41) is 0.839. The Kier molecular flexibility index (Phi) is 2.86. The normalized spacial score (nSPS) is 11.3. The Morgan fingerprint density at radius 1 is 1.20 bits per heavy atom. The second kappa shape index (κ2) is 4.56. The summed E-state index contributed by atoms with van der Waals surface area (Å²) in [7, 11) is 0. The zero-order valence-corrected chi connectivity index (χ0v) is 11.2. The van der Waals surface area contributed by atoms with Crippen molar-refractivity contribution in [2.24, 2.45) is 5.92 Å². The van der Waals surface area contributed by atoms with E-state index in [0.29, 0.717) is 27.6 Å². The van der Waals surface area contributed by atoms with E-state index in [1.807, 2.05) is 13.8 Å². The van der Waals surface area contributed by atoms with Crippen LogP contribution in [-0.4, -0.2) is 10.8 Å². The van der Waals surface area contributed by atoms with E-state index in [0.717, 1.165) is 0 Å². The van der Waals surface area contributed by atoms with Gasteiger partial charge in [0.1, 0.15) is 5.58 Å². The maximum atomic E-state index is 12.4. The van der Waals surface area contributed by atoms with Crippen LogP contribution in [0.4, 0.5) is 0 Å². The molecule has 0 aliphatic rings. The molecule has 4 nitrogen and oxygen atoms in total. The zero-order chi connectivity index (χ0) is 14.3. The van der Waals surface area contributed by atoms with Crippen molar-refractivity contribution in [2.45, 2.75) is 13.8 Å². The molecule has 0 radical (unpaired) electrons. The van der Waals surface area contributed by atoms with Gasteiger partial charge in [-0.1, -0.05) is 13.8 Å². The van der Waals surface area contributed by atoms with E-state index in [2.05, 4.69) is 4.98 Å². The van der Waals surface area contributed by atoms with Crippen LogP contribution >= 0.6 is 0 Å². The number of rotatable bonds is 2. The Labute approximate surface area is 115 Å². The van der Waals surface area contributed by atoms with Crippen LogP contribution in [0.25, 0.3) is 22.1 Å². The molecule has 0 N–H and O–H groups in total. The summed E-state index contributed by atoms with van der Waals surface area (Å²) < 4.78 is 5.60. The van der Waals surface area contributed by atoms with Crippen molar-refractivity contribution >= 4 is 27.9 Å². The molecule has 2 aromatic heterocycles. The van der Waals surface area contributed by atoms with Gasteiger partial charge in [0.05, 0.1) is 10.8 Å². The van der Waals surface area contributed by atoms with Gasteiger partial charge in [-0.25, -0.2) is 4.98 Å². The van der Waals surface area contributed by atoms with Crippen molar-refractivity contribution in [3.63, 3.8) is 0 Å². The number of carbonyl (C=O) groups is 1. The molecular weight excluding hydrogens is 254 g/mol. The van der Waals surface area contributed by atoms with Crippen LogP contribution in [0, 0.1) is 5.92 Å². The standard InChI is InChI=1S/C16H13NO3/c1-9(2)14(18)10-5-6-13-12(8-10)15(19)11-4-3-7-17-16(11)20-13/h3-9H,1-2H3. The van der Waals surface area contributed by atoms with Gasteiger partial charge in [0.2, 0.25) is 11.1 Å². The van der Waals surface area contributed by atoms with E-state index < -0.39 is 0 Å². The summed E-state index contributed by atoms with van der Waals surface area (Å²) in [5.41, 5.74) is 1.13. The predicted octanol–water partition coefficient (Wildman–Crippen LogP) is 3.18. The highest BCUT2D eigenvalue weighted by molar-refractivity contribution is 6.01. The Morgan fingerprint density at radius 3 is 2.75 bits per heavy atom. The Morgan fingerprint density at radius 2 is 2.00 bits per heavy atom. The number of hydrogen-bond donors (Lipinski definition) is 0. The van der Waals surface area contributed by atoms with Crippen LogP contribution < -0.4 is 5.43 Å². The van der Waals surface area contributed by atoms with E-state index in [9.17, 15) is 9.59 Å². The Bertz CT molecular complexity index is 878. The van der Waals surface area contributed by atoms with Crippen molar-refractivity contribution in [2.75, 3.05) is 0 Å². The number of pyridine rings is 1. The first kappa shape index (κ1) is 12.5. The topological polar surface area (TPSA) is 60.2 Å². The minimum atomic E-state index is -0.159. The summed E-state index contributed by atoms with van der Waals surface area (Å²) in [6.45, 7) is 3.67. The van der Waals surface area contributed by atoms with Gasteiger partial charge in [0.15, 0.2) is 5.78 Å². The number of benzene rings is 1. The molecule has 0 saturated heterocycles. The van der Waals surface area contributed by atoms with E-state index in [4.69, 9.17) is 4.42 Å². The molecule has 0 atom stereocenters. The highest BCUT2D eigenvalue weighted by atomic mass is 16.3. The van der Waals surface area contributed by atoms with Crippen molar-refractivity contribution in [3.8, 4) is 0 Å². The van der Waals surface area contributed by atoms with Crippen LogP contribution in [0.3, 0.4) is 0 Å². The lowest BCUT2D eigenvalue weighted by Gasteiger charge is -2.05. The predicted molar refractivity (Wildman–Crippen MR) is 77.0 cm³/mol. The molecule has 0 fully saturated rings. The number of fused-ring (bicyclic) bond motifs is 2. The highest BCUT2D eigenvalue weighted by Gasteiger charge is 2.14. The number of aromatic nitrogens is 1. The van der Waals surface area contributed by atoms with Crippen molar-refractivity contribution in [1.82, 2.24) is 4.98 Å². The van der Waals surface area contributed by atoms with E-state index in [1.165, 1.54) is 0 Å². The third-order valence-corrected chi connectivity index (χ3v) is 3.26. The number of hydrogen-bond acceptors (Lipinski definition) is 4. The van der Waals surface area contributed by atoms with Crippen molar-refractivity contribution < 1.29 is 9.21 Å². The Hall–Kier alpha value is -2.49. The van der Waals surface area contributed by atoms with Gasteiger partial charge in [-0.15, -0.1) is 0 Å². The van der Waals surface area contributed by atoms with Gasteiger partial charge >= 0.3 is 0 Å². The highest BCUT2D eigenvalue weighted by Crippen LogP contribution is 2.19. The first-order chi connectivity index (χ1) is 9.58. The minimum absolute atomic E-state index is 0.0117. The number of carbonyl (C=O) groups excluding carboxylic acids is 1. The maximum absolute atomic E-state index is 12.4. The molecule has 3 aromatic rings. The fourth-order valence-corrected chi connectivity index (χ4v) is 2.18. The first-order valence-electron chi connectivity index (χ1n) is 6.44. The molecule has 0 amide bonds. The SMILES string of the molecule is CC(C)C(=O)c1ccc2oc3ncccc3c(=O)c2c1. The second-order valence-electron chi connectivity index (χ2n) is 5.02. The number of nitrogens with zero attached hydrogens (tertiary/aromatic N) is 1. The quantitative estimate of drug-likeness (QED) is 0.528. The molecule has 0 spiro atoms. The summed E-state index contributed by atoms with van der Waals surface area (Å²) in [6, 6.07) is 8.30. The molecule has 3 rings (SSSR count). The molecule has 0 saturated carbocycles. The van der Waals surface area contributed by atoms with Crippen LogP contribution in [0.5, 0.6) is 0 Å². The van der Waals surface area contributed by atoms with Crippen LogP contribution in [0.15, 0.2) is 45.7 Å². The van der Waals surface area contributed by atoms with Crippen LogP contribution in [0.2, 0.25) is 0 Å². The van der Waals surface area contributed by atoms with Crippen LogP contribution in [-0.2, 0) is 0 Å². The monoisotopic (exact) mass is 267 g/mol. The molecule has 1 aromatic carbocycles. The average Bonchev–Trinajstić information content (AvgIpc) is 2.46. The summed E-state index contributed by atoms with van der Waals surface area (Å²) in [4.78, 5) is 28.5. The fourth-order valence-electron chi connectivity index (χ4n) is 2.18. The first-order valence-corrected chi connectivity index (χ1v) is 6.44. The molecule has 4 heteroatoms. The molecule has 100 valence electrons. The third-order valence-electron chi connectivity index (χ3n) is 3.26. The minimum Gasteiger partial charge on any atom is -0.437 e. The van der Waals surface area contributed by atoms with Crippen molar-refractivity contribution in [1.29, 1.82) is 0 Å². The summed E-state index contributed by atoms with van der Waals surface area (Å²) in [5.74, 6) is -0.0980. The number of ketones is 1. The smallest absolute Gasteiger partial charge is 0.230 e. The lowest BCUT2D eigenvalue weighted by Crippen LogP contribution is -2.09. The maximum Gasteiger partial charge on any atom is 0.230 e. The molecular formula is C16H13NO3. The average molecular weight is 267 g/mol. The Balaban J connectivity index is 2.34. The molecule has 0 bridgehead atoms.